The van der Waals surface area contributed by atoms with Crippen LogP contribution in [-0.2, 0) is 10.0 Å². The normalized spacial score (nSPS) is 24.6. The molecule has 0 aromatic heterocycles. The van der Waals surface area contributed by atoms with Crippen LogP contribution in [-0.4, -0.2) is 56.2 Å². The van der Waals surface area contributed by atoms with Gasteiger partial charge in [0.05, 0.1) is 19.4 Å². The molecule has 2 fully saturated rings. The standard InChI is InChI=1S/C22H28N2O3S/c1-27-21-10-6-9-18(15-21)22(17-7-4-3-5-8-17)24-19-11-12-20(24)16-23(14-13-19)28(2,25)26/h3-10,15,19-20,22H,11-14,16H2,1-2H3/t19-,20-,22-/m1/s1. The quantitative estimate of drug-likeness (QED) is 0.773. The van der Waals surface area contributed by atoms with E-state index in [2.05, 4.69) is 41.3 Å². The summed E-state index contributed by atoms with van der Waals surface area (Å²) in [7, 11) is -1.48. The minimum atomic E-state index is -3.17. The van der Waals surface area contributed by atoms with Crippen LogP contribution in [0, 0.1) is 0 Å². The lowest BCUT2D eigenvalue weighted by Crippen LogP contribution is -2.43. The molecule has 0 saturated carbocycles. The van der Waals surface area contributed by atoms with E-state index >= 15 is 0 Å². The third-order valence-corrected chi connectivity index (χ3v) is 7.36. The van der Waals surface area contributed by atoms with Crippen molar-refractivity contribution in [2.45, 2.75) is 37.4 Å². The molecule has 4 rings (SSSR count). The monoisotopic (exact) mass is 400 g/mol. The van der Waals surface area contributed by atoms with Crippen molar-refractivity contribution in [1.82, 2.24) is 9.21 Å². The van der Waals surface area contributed by atoms with Crippen molar-refractivity contribution in [3.63, 3.8) is 0 Å². The van der Waals surface area contributed by atoms with Crippen molar-refractivity contribution in [3.8, 4) is 5.75 Å². The number of hydrogen-bond acceptors (Lipinski definition) is 4. The predicted octanol–water partition coefficient (Wildman–Crippen LogP) is 3.28. The maximum absolute atomic E-state index is 12.2. The van der Waals surface area contributed by atoms with Gasteiger partial charge in [0.15, 0.2) is 0 Å². The van der Waals surface area contributed by atoms with Crippen molar-refractivity contribution in [1.29, 1.82) is 0 Å². The highest BCUT2D eigenvalue weighted by Crippen LogP contribution is 2.41. The lowest BCUT2D eigenvalue weighted by atomic mass is 9.95. The van der Waals surface area contributed by atoms with Gasteiger partial charge >= 0.3 is 0 Å². The number of benzene rings is 2. The second kappa shape index (κ2) is 7.85. The summed E-state index contributed by atoms with van der Waals surface area (Å²) < 4.78 is 31.6. The van der Waals surface area contributed by atoms with Gasteiger partial charge in [-0.05, 0) is 42.5 Å². The van der Waals surface area contributed by atoms with Crippen molar-refractivity contribution in [2.24, 2.45) is 0 Å². The van der Waals surface area contributed by atoms with E-state index in [1.807, 2.05) is 18.2 Å². The highest BCUT2D eigenvalue weighted by atomic mass is 32.2. The van der Waals surface area contributed by atoms with Crippen LogP contribution < -0.4 is 4.74 Å². The van der Waals surface area contributed by atoms with Crippen LogP contribution in [0.25, 0.3) is 0 Å². The highest BCUT2D eigenvalue weighted by molar-refractivity contribution is 7.88. The Bertz CT molecular complexity index is 916. The van der Waals surface area contributed by atoms with E-state index < -0.39 is 10.0 Å². The Labute approximate surface area is 168 Å². The lowest BCUT2D eigenvalue weighted by molar-refractivity contribution is 0.155. The minimum Gasteiger partial charge on any atom is -0.497 e. The first-order valence-electron chi connectivity index (χ1n) is 9.89. The summed E-state index contributed by atoms with van der Waals surface area (Å²) in [5, 5.41) is 0. The topological polar surface area (TPSA) is 49.9 Å². The molecule has 0 spiro atoms. The average Bonchev–Trinajstić information content (AvgIpc) is 2.95. The Morgan fingerprint density at radius 2 is 1.68 bits per heavy atom. The van der Waals surface area contributed by atoms with E-state index in [1.54, 1.807) is 11.4 Å². The minimum absolute atomic E-state index is 0.0910. The zero-order valence-corrected chi connectivity index (χ0v) is 17.3. The second-order valence-corrected chi connectivity index (χ2v) is 9.81. The molecule has 2 aliphatic heterocycles. The van der Waals surface area contributed by atoms with Gasteiger partial charge in [0, 0.05) is 25.2 Å². The number of hydrogen-bond donors (Lipinski definition) is 0. The number of ether oxygens (including phenoxy) is 1. The molecule has 2 heterocycles. The highest BCUT2D eigenvalue weighted by Gasteiger charge is 2.43. The number of fused-ring (bicyclic) bond motifs is 2. The Hall–Kier alpha value is -1.89. The molecule has 0 N–H and O–H groups in total. The van der Waals surface area contributed by atoms with Gasteiger partial charge in [-0.25, -0.2) is 12.7 Å². The van der Waals surface area contributed by atoms with Gasteiger partial charge in [0.2, 0.25) is 10.0 Å². The Kier molecular flexibility index (Phi) is 5.45. The Morgan fingerprint density at radius 1 is 0.964 bits per heavy atom. The van der Waals surface area contributed by atoms with Crippen LogP contribution in [0.1, 0.15) is 36.4 Å². The summed E-state index contributed by atoms with van der Waals surface area (Å²) >= 11 is 0. The van der Waals surface area contributed by atoms with E-state index in [9.17, 15) is 8.42 Å². The fourth-order valence-corrected chi connectivity index (χ4v) is 5.67. The molecular formula is C22H28N2O3S. The summed E-state index contributed by atoms with van der Waals surface area (Å²) in [6, 6.07) is 19.5. The summed E-state index contributed by atoms with van der Waals surface area (Å²) in [6.07, 6.45) is 4.35. The van der Waals surface area contributed by atoms with Crippen molar-refractivity contribution < 1.29 is 13.2 Å². The SMILES string of the molecule is COc1cccc([C@@H](c2ccccc2)N2[C@@H]3CC[C@@H]2CN(S(C)(=O)=O)CC3)c1. The maximum atomic E-state index is 12.2. The van der Waals surface area contributed by atoms with Crippen molar-refractivity contribution in [2.75, 3.05) is 26.5 Å². The van der Waals surface area contributed by atoms with Crippen LogP contribution in [0.5, 0.6) is 5.75 Å². The van der Waals surface area contributed by atoms with Gasteiger partial charge in [0.25, 0.3) is 0 Å². The fourth-order valence-electron chi connectivity index (χ4n) is 4.79. The molecule has 2 aromatic carbocycles. The summed E-state index contributed by atoms with van der Waals surface area (Å²) in [4.78, 5) is 2.56. The Morgan fingerprint density at radius 3 is 2.39 bits per heavy atom. The third-order valence-electron chi connectivity index (χ3n) is 6.09. The van der Waals surface area contributed by atoms with Crippen LogP contribution in [0.3, 0.4) is 0 Å². The molecule has 0 unspecified atom stereocenters. The lowest BCUT2D eigenvalue weighted by Gasteiger charge is -2.37. The summed E-state index contributed by atoms with van der Waals surface area (Å²) in [5.41, 5.74) is 2.43. The molecule has 2 aromatic rings. The molecule has 150 valence electrons. The zero-order chi connectivity index (χ0) is 19.7. The molecule has 6 heteroatoms. The number of sulfonamides is 1. The molecule has 2 aliphatic rings. The molecule has 5 nitrogen and oxygen atoms in total. The average molecular weight is 401 g/mol. The Balaban J connectivity index is 1.76. The molecule has 28 heavy (non-hydrogen) atoms. The van der Waals surface area contributed by atoms with Gasteiger partial charge in [-0.1, -0.05) is 42.5 Å². The van der Waals surface area contributed by atoms with Crippen LogP contribution in [0.2, 0.25) is 0 Å². The van der Waals surface area contributed by atoms with E-state index in [4.69, 9.17) is 4.74 Å². The van der Waals surface area contributed by atoms with E-state index in [0.29, 0.717) is 19.1 Å². The zero-order valence-electron chi connectivity index (χ0n) is 16.5. The largest absolute Gasteiger partial charge is 0.497 e. The first kappa shape index (κ1) is 19.4. The predicted molar refractivity (Wildman–Crippen MR) is 111 cm³/mol. The summed E-state index contributed by atoms with van der Waals surface area (Å²) in [6.45, 7) is 1.18. The third kappa shape index (κ3) is 3.81. The van der Waals surface area contributed by atoms with Gasteiger partial charge in [-0.3, -0.25) is 4.90 Å². The molecule has 0 radical (unpaired) electrons. The molecule has 0 amide bonds. The van der Waals surface area contributed by atoms with E-state index in [1.165, 1.54) is 17.4 Å². The molecule has 2 bridgehead atoms. The van der Waals surface area contributed by atoms with Gasteiger partial charge in [0.1, 0.15) is 5.75 Å². The first-order valence-corrected chi connectivity index (χ1v) is 11.7. The maximum Gasteiger partial charge on any atom is 0.211 e. The second-order valence-electron chi connectivity index (χ2n) is 7.83. The molecule has 3 atom stereocenters. The summed E-state index contributed by atoms with van der Waals surface area (Å²) in [5.74, 6) is 0.846. The molecule has 2 saturated heterocycles. The molecule has 0 aliphatic carbocycles. The van der Waals surface area contributed by atoms with Crippen molar-refractivity contribution in [3.05, 3.63) is 65.7 Å². The first-order chi connectivity index (χ1) is 13.5. The van der Waals surface area contributed by atoms with Crippen LogP contribution >= 0.6 is 0 Å². The van der Waals surface area contributed by atoms with Gasteiger partial charge in [-0.15, -0.1) is 0 Å². The smallest absolute Gasteiger partial charge is 0.211 e. The van der Waals surface area contributed by atoms with Gasteiger partial charge in [-0.2, -0.15) is 0 Å². The van der Waals surface area contributed by atoms with Crippen LogP contribution in [0.15, 0.2) is 54.6 Å². The number of rotatable bonds is 5. The van der Waals surface area contributed by atoms with Crippen LogP contribution in [0.4, 0.5) is 0 Å². The number of methoxy groups -OCH3 is 1. The van der Waals surface area contributed by atoms with E-state index in [-0.39, 0.29) is 12.1 Å². The number of nitrogens with zero attached hydrogens (tertiary/aromatic N) is 2. The fraction of sp³-hybridized carbons (Fsp3) is 0.455. The molecular weight excluding hydrogens is 372 g/mol. The van der Waals surface area contributed by atoms with E-state index in [0.717, 1.165) is 25.0 Å². The van der Waals surface area contributed by atoms with Gasteiger partial charge < -0.3 is 4.74 Å². The van der Waals surface area contributed by atoms with Crippen molar-refractivity contribution >= 4 is 10.0 Å².